The summed E-state index contributed by atoms with van der Waals surface area (Å²) in [7, 11) is 2.02. The van der Waals surface area contributed by atoms with Gasteiger partial charge in [-0.3, -0.25) is 9.80 Å². The molecule has 2 heterocycles. The van der Waals surface area contributed by atoms with Crippen LogP contribution in [-0.4, -0.2) is 54.1 Å². The van der Waals surface area contributed by atoms with Crippen LogP contribution in [-0.2, 0) is 0 Å². The highest BCUT2D eigenvalue weighted by atomic mass is 15.2. The normalized spacial score (nSPS) is 25.7. The summed E-state index contributed by atoms with van der Waals surface area (Å²) >= 11 is 0. The second kappa shape index (κ2) is 15.9. The first-order valence-corrected chi connectivity index (χ1v) is 10.4. The molecule has 2 aliphatic heterocycles. The maximum atomic E-state index is 8.63. The van der Waals surface area contributed by atoms with Crippen molar-refractivity contribution in [1.82, 2.24) is 15.1 Å². The number of nitriles is 2. The van der Waals surface area contributed by atoms with Gasteiger partial charge in [-0.15, -0.1) is 0 Å². The molecule has 2 saturated heterocycles. The standard InChI is InChI=1S/C10H19N3.C7H12N2.2C2H6/c1-9(2)13-6-4-5-10(3,7-13)12-8-11;1-9-5-3-2-4-7(9)6-8;2*1-2/h9,12H,4-7H2,1-3H3;7H,2-5H2,1H3;2*1-2H3. The smallest absolute Gasteiger partial charge is 0.177 e. The summed E-state index contributed by atoms with van der Waals surface area (Å²) in [6.07, 6.45) is 7.89. The second-order valence-electron chi connectivity index (χ2n) is 7.09. The molecule has 5 heteroatoms. The Morgan fingerprint density at radius 1 is 1.04 bits per heavy atom. The Morgan fingerprint density at radius 2 is 1.65 bits per heavy atom. The van der Waals surface area contributed by atoms with E-state index >= 15 is 0 Å². The van der Waals surface area contributed by atoms with Gasteiger partial charge in [-0.2, -0.15) is 10.5 Å². The summed E-state index contributed by atoms with van der Waals surface area (Å²) in [4.78, 5) is 4.55. The maximum Gasteiger partial charge on any atom is 0.177 e. The fourth-order valence-corrected chi connectivity index (χ4v) is 3.19. The molecule has 2 atom stereocenters. The summed E-state index contributed by atoms with van der Waals surface area (Å²) in [5.41, 5.74) is -0.00271. The van der Waals surface area contributed by atoms with Crippen LogP contribution in [0.2, 0.25) is 0 Å². The van der Waals surface area contributed by atoms with E-state index in [4.69, 9.17) is 10.5 Å². The highest BCUT2D eigenvalue weighted by Crippen LogP contribution is 2.21. The van der Waals surface area contributed by atoms with Crippen LogP contribution in [0.25, 0.3) is 0 Å². The third kappa shape index (κ3) is 10.6. The molecule has 2 fully saturated rings. The van der Waals surface area contributed by atoms with Crippen molar-refractivity contribution in [1.29, 1.82) is 10.5 Å². The molecule has 0 aliphatic carbocycles. The van der Waals surface area contributed by atoms with Crippen LogP contribution in [0, 0.1) is 22.8 Å². The Labute approximate surface area is 163 Å². The largest absolute Gasteiger partial charge is 0.317 e. The van der Waals surface area contributed by atoms with Crippen molar-refractivity contribution in [2.24, 2.45) is 0 Å². The van der Waals surface area contributed by atoms with Gasteiger partial charge in [0.05, 0.1) is 17.6 Å². The van der Waals surface area contributed by atoms with Crippen LogP contribution >= 0.6 is 0 Å². The minimum atomic E-state index is -0.00271. The van der Waals surface area contributed by atoms with Crippen LogP contribution in [0.15, 0.2) is 0 Å². The van der Waals surface area contributed by atoms with E-state index in [9.17, 15) is 0 Å². The van der Waals surface area contributed by atoms with Crippen LogP contribution in [0.1, 0.15) is 80.6 Å². The maximum absolute atomic E-state index is 8.63. The minimum absolute atomic E-state index is 0.00271. The second-order valence-corrected chi connectivity index (χ2v) is 7.09. The molecule has 2 aliphatic rings. The van der Waals surface area contributed by atoms with Crippen molar-refractivity contribution in [3.05, 3.63) is 0 Å². The molecule has 0 aromatic heterocycles. The fourth-order valence-electron chi connectivity index (χ4n) is 3.19. The van der Waals surface area contributed by atoms with Crippen molar-refractivity contribution in [3.63, 3.8) is 0 Å². The van der Waals surface area contributed by atoms with Crippen LogP contribution in [0.5, 0.6) is 0 Å². The van der Waals surface area contributed by atoms with E-state index in [2.05, 4.69) is 48.2 Å². The van der Waals surface area contributed by atoms with Crippen molar-refractivity contribution >= 4 is 0 Å². The molecule has 0 aromatic rings. The quantitative estimate of drug-likeness (QED) is 0.581. The van der Waals surface area contributed by atoms with Gasteiger partial charge in [-0.25, -0.2) is 0 Å². The van der Waals surface area contributed by atoms with Gasteiger partial charge in [-0.05, 0) is 73.0 Å². The van der Waals surface area contributed by atoms with E-state index in [-0.39, 0.29) is 11.6 Å². The van der Waals surface area contributed by atoms with Gasteiger partial charge in [0.25, 0.3) is 0 Å². The van der Waals surface area contributed by atoms with Gasteiger partial charge in [0.2, 0.25) is 0 Å². The van der Waals surface area contributed by atoms with E-state index in [1.54, 1.807) is 0 Å². The Hall–Kier alpha value is -1.30. The molecule has 0 radical (unpaired) electrons. The average Bonchev–Trinajstić information content (AvgIpc) is 2.66. The van der Waals surface area contributed by atoms with Gasteiger partial charge in [0, 0.05) is 12.6 Å². The van der Waals surface area contributed by atoms with Gasteiger partial charge >= 0.3 is 0 Å². The van der Waals surface area contributed by atoms with Crippen molar-refractivity contribution in [2.45, 2.75) is 98.2 Å². The van der Waals surface area contributed by atoms with Crippen LogP contribution < -0.4 is 5.32 Å². The minimum Gasteiger partial charge on any atom is -0.317 e. The SMILES string of the molecule is CC.CC.CC(C)N1CCCC(C)(NC#N)C1.CN1CCCCC1C#N. The Bertz CT molecular complexity index is 410. The molecule has 0 bridgehead atoms. The van der Waals surface area contributed by atoms with E-state index in [0.29, 0.717) is 6.04 Å². The third-order valence-corrected chi connectivity index (χ3v) is 4.73. The lowest BCUT2D eigenvalue weighted by atomic mass is 9.90. The summed E-state index contributed by atoms with van der Waals surface area (Å²) < 4.78 is 0. The molecular formula is C21H43N5. The molecule has 2 unspecified atom stereocenters. The number of nitrogens with zero attached hydrogens (tertiary/aromatic N) is 4. The first kappa shape index (κ1) is 26.9. The number of piperidine rings is 2. The first-order valence-electron chi connectivity index (χ1n) is 10.4. The molecular weight excluding hydrogens is 322 g/mol. The van der Waals surface area contributed by atoms with Gasteiger partial charge < -0.3 is 5.32 Å². The first-order chi connectivity index (χ1) is 12.4. The van der Waals surface area contributed by atoms with E-state index < -0.39 is 0 Å². The summed E-state index contributed by atoms with van der Waals surface area (Å²) in [6, 6.07) is 3.06. The molecule has 0 aromatic carbocycles. The van der Waals surface area contributed by atoms with E-state index in [0.717, 1.165) is 25.9 Å². The monoisotopic (exact) mass is 365 g/mol. The molecule has 2 rings (SSSR count). The zero-order valence-electron chi connectivity index (χ0n) is 18.6. The molecule has 1 N–H and O–H groups in total. The topological polar surface area (TPSA) is 66.1 Å². The lowest BCUT2D eigenvalue weighted by Gasteiger charge is -2.41. The predicted molar refractivity (Wildman–Crippen MR) is 112 cm³/mol. The molecule has 5 nitrogen and oxygen atoms in total. The molecule has 0 spiro atoms. The highest BCUT2D eigenvalue weighted by molar-refractivity contribution is 4.95. The Morgan fingerprint density at radius 3 is 2.08 bits per heavy atom. The molecule has 0 amide bonds. The van der Waals surface area contributed by atoms with E-state index in [1.807, 2.05) is 34.7 Å². The molecule has 0 saturated carbocycles. The van der Waals surface area contributed by atoms with Crippen LogP contribution in [0.4, 0.5) is 0 Å². The summed E-state index contributed by atoms with van der Waals surface area (Å²) in [5, 5.41) is 20.1. The van der Waals surface area contributed by atoms with Gasteiger partial charge in [0.15, 0.2) is 6.19 Å². The van der Waals surface area contributed by atoms with E-state index in [1.165, 1.54) is 25.8 Å². The van der Waals surface area contributed by atoms with Crippen LogP contribution in [0.3, 0.4) is 0 Å². The third-order valence-electron chi connectivity index (χ3n) is 4.73. The van der Waals surface area contributed by atoms with Crippen molar-refractivity contribution in [2.75, 3.05) is 26.7 Å². The van der Waals surface area contributed by atoms with Crippen molar-refractivity contribution < 1.29 is 0 Å². The number of rotatable bonds is 2. The zero-order valence-corrected chi connectivity index (χ0v) is 18.6. The summed E-state index contributed by atoms with van der Waals surface area (Å²) in [5.74, 6) is 0. The summed E-state index contributed by atoms with van der Waals surface area (Å²) in [6.45, 7) is 17.8. The highest BCUT2D eigenvalue weighted by Gasteiger charge is 2.31. The fraction of sp³-hybridized carbons (Fsp3) is 0.905. The lowest BCUT2D eigenvalue weighted by Crippen LogP contribution is -2.55. The molecule has 26 heavy (non-hydrogen) atoms. The van der Waals surface area contributed by atoms with Gasteiger partial charge in [-0.1, -0.05) is 27.7 Å². The predicted octanol–water partition coefficient (Wildman–Crippen LogP) is 4.37. The number of nitrogens with one attached hydrogen (secondary N) is 1. The average molecular weight is 366 g/mol. The Balaban J connectivity index is 0. The van der Waals surface area contributed by atoms with Crippen molar-refractivity contribution in [3.8, 4) is 12.3 Å². The number of hydrogen-bond acceptors (Lipinski definition) is 5. The molecule has 152 valence electrons. The number of hydrogen-bond donors (Lipinski definition) is 1. The number of likely N-dealkylation sites (tertiary alicyclic amines) is 2. The zero-order chi connectivity index (χ0) is 20.6. The van der Waals surface area contributed by atoms with Gasteiger partial charge in [0.1, 0.15) is 0 Å². The lowest BCUT2D eigenvalue weighted by molar-refractivity contribution is 0.116. The Kier molecular flexibility index (Phi) is 16.5.